The first-order valence-electron chi connectivity index (χ1n) is 9.36. The molecule has 1 N–H and O–H groups in total. The normalized spacial score (nSPS) is 10.5. The van der Waals surface area contributed by atoms with Crippen molar-refractivity contribution in [3.63, 3.8) is 0 Å². The lowest BCUT2D eigenvalue weighted by Gasteiger charge is -2.10. The molecule has 33 heavy (non-hydrogen) atoms. The third-order valence-corrected chi connectivity index (χ3v) is 4.89. The number of pyridine rings is 1. The fourth-order valence-corrected chi connectivity index (χ4v) is 3.28. The second-order valence-corrected chi connectivity index (χ2v) is 7.09. The first-order chi connectivity index (χ1) is 16.0. The molecule has 0 aliphatic carbocycles. The number of ether oxygens (including phenoxy) is 2. The Hall–Kier alpha value is -4.52. The lowest BCUT2D eigenvalue weighted by molar-refractivity contribution is -0.385. The van der Waals surface area contributed by atoms with Crippen LogP contribution in [0.15, 0.2) is 54.4 Å². The molecule has 13 heteroatoms. The van der Waals surface area contributed by atoms with E-state index in [2.05, 4.69) is 34.6 Å². The van der Waals surface area contributed by atoms with Gasteiger partial charge in [-0.05, 0) is 23.2 Å². The van der Waals surface area contributed by atoms with Gasteiger partial charge in [-0.15, -0.1) is 5.10 Å². The molecule has 1 aromatic carbocycles. The molecule has 3 aromatic heterocycles. The number of benzene rings is 1. The summed E-state index contributed by atoms with van der Waals surface area (Å²) in [7, 11) is 1.23. The zero-order valence-electron chi connectivity index (χ0n) is 17.0. The topological polar surface area (TPSA) is 155 Å². The zero-order valence-corrected chi connectivity index (χ0v) is 17.9. The Kier molecular flexibility index (Phi) is 6.40. The van der Waals surface area contributed by atoms with Crippen molar-refractivity contribution in [3.8, 4) is 22.9 Å². The van der Waals surface area contributed by atoms with Crippen LogP contribution in [0.1, 0.15) is 15.9 Å². The Morgan fingerprint density at radius 2 is 2.03 bits per heavy atom. The zero-order chi connectivity index (χ0) is 23.2. The number of esters is 1. The van der Waals surface area contributed by atoms with Crippen molar-refractivity contribution in [2.24, 2.45) is 0 Å². The molecule has 0 atom stereocenters. The van der Waals surface area contributed by atoms with Crippen LogP contribution in [0.3, 0.4) is 0 Å². The van der Waals surface area contributed by atoms with Crippen LogP contribution in [0.25, 0.3) is 11.3 Å². The predicted molar refractivity (Wildman–Crippen MR) is 117 cm³/mol. The van der Waals surface area contributed by atoms with Crippen LogP contribution in [-0.2, 0) is 11.3 Å². The number of aromatic nitrogens is 5. The van der Waals surface area contributed by atoms with Crippen molar-refractivity contribution in [1.29, 1.82) is 0 Å². The van der Waals surface area contributed by atoms with Crippen LogP contribution in [0.2, 0.25) is 0 Å². The molecule has 0 bridgehead atoms. The first kappa shape index (κ1) is 21.7. The van der Waals surface area contributed by atoms with Crippen LogP contribution < -0.4 is 10.1 Å². The first-order valence-corrected chi connectivity index (χ1v) is 10.2. The highest BCUT2D eigenvalue weighted by Crippen LogP contribution is 2.34. The molecule has 0 amide bonds. The number of carbonyl (C=O) groups excluding carboxylic acids is 1. The molecule has 0 saturated carbocycles. The van der Waals surface area contributed by atoms with Crippen molar-refractivity contribution in [3.05, 3.63) is 75.7 Å². The second kappa shape index (κ2) is 9.74. The third kappa shape index (κ3) is 5.04. The summed E-state index contributed by atoms with van der Waals surface area (Å²) in [4.78, 5) is 34.5. The molecule has 4 aromatic rings. The van der Waals surface area contributed by atoms with E-state index in [1.54, 1.807) is 0 Å². The molecular formula is C20H15N7O5S. The van der Waals surface area contributed by atoms with Crippen LogP contribution in [0.4, 0.5) is 11.5 Å². The number of nitrogens with one attached hydrogen (secondary N) is 1. The fraction of sp³-hybridized carbons (Fsp3) is 0.100. The van der Waals surface area contributed by atoms with Crippen LogP contribution in [0, 0.1) is 10.1 Å². The summed E-state index contributed by atoms with van der Waals surface area (Å²) in [6.07, 6.45) is 3.72. The smallest absolute Gasteiger partial charge is 0.373 e. The Balaban J connectivity index is 1.53. The number of anilines is 1. The number of methoxy groups -OCH3 is 1. The highest BCUT2D eigenvalue weighted by Gasteiger charge is 2.25. The minimum absolute atomic E-state index is 0.0186. The van der Waals surface area contributed by atoms with Gasteiger partial charge in [0, 0.05) is 23.7 Å². The number of carbonyl (C=O) groups is 1. The van der Waals surface area contributed by atoms with Crippen molar-refractivity contribution in [2.75, 3.05) is 12.4 Å². The van der Waals surface area contributed by atoms with E-state index in [-0.39, 0.29) is 29.6 Å². The summed E-state index contributed by atoms with van der Waals surface area (Å²) in [5.41, 5.74) is 2.23. The molecule has 166 valence electrons. The van der Waals surface area contributed by atoms with Gasteiger partial charge in [0.2, 0.25) is 5.82 Å². The van der Waals surface area contributed by atoms with Crippen molar-refractivity contribution in [2.45, 2.75) is 6.54 Å². The predicted octanol–water partition coefficient (Wildman–Crippen LogP) is 3.49. The second-order valence-electron chi connectivity index (χ2n) is 6.48. The molecule has 0 aliphatic heterocycles. The molecule has 0 spiro atoms. The maximum absolute atomic E-state index is 11.7. The van der Waals surface area contributed by atoms with Gasteiger partial charge in [0.1, 0.15) is 17.8 Å². The molecule has 0 fully saturated rings. The van der Waals surface area contributed by atoms with Crippen LogP contribution in [-0.4, -0.2) is 42.5 Å². The largest absolute Gasteiger partial charge is 0.465 e. The Morgan fingerprint density at radius 3 is 2.73 bits per heavy atom. The Morgan fingerprint density at radius 1 is 1.21 bits per heavy atom. The molecular weight excluding hydrogens is 450 g/mol. The molecule has 0 aliphatic rings. The summed E-state index contributed by atoms with van der Waals surface area (Å²) >= 11 is 1.27. The standard InChI is InChI=1S/C20H15N7O5S/c1-31-20(28)14-6-15(9-21-8-14)32-19-17(27(29)30)18(23-11-24-19)22-7-12-2-4-13(5-3-12)16-10-33-26-25-16/h2-6,8-11H,7H2,1H3,(H,22,23,24). The number of nitro groups is 1. The molecule has 0 saturated heterocycles. The summed E-state index contributed by atoms with van der Waals surface area (Å²) in [5, 5.41) is 20.6. The van der Waals surface area contributed by atoms with E-state index in [1.165, 1.54) is 37.1 Å². The van der Waals surface area contributed by atoms with Crippen LogP contribution in [0.5, 0.6) is 11.6 Å². The number of hydrogen-bond acceptors (Lipinski definition) is 12. The lowest BCUT2D eigenvalue weighted by atomic mass is 10.1. The number of nitrogens with zero attached hydrogens (tertiary/aromatic N) is 6. The monoisotopic (exact) mass is 465 g/mol. The molecule has 0 radical (unpaired) electrons. The van der Waals surface area contributed by atoms with Gasteiger partial charge in [-0.1, -0.05) is 28.8 Å². The maximum Gasteiger partial charge on any atom is 0.373 e. The quantitative estimate of drug-likeness (QED) is 0.231. The van der Waals surface area contributed by atoms with Gasteiger partial charge in [0.05, 0.1) is 23.8 Å². The van der Waals surface area contributed by atoms with Gasteiger partial charge in [0.25, 0.3) is 0 Å². The molecule has 0 unspecified atom stereocenters. The van der Waals surface area contributed by atoms with Crippen LogP contribution >= 0.6 is 11.5 Å². The summed E-state index contributed by atoms with van der Waals surface area (Å²) in [5.74, 6) is -0.857. The highest BCUT2D eigenvalue weighted by molar-refractivity contribution is 7.03. The molecule has 4 rings (SSSR count). The van der Waals surface area contributed by atoms with Gasteiger partial charge in [-0.3, -0.25) is 15.1 Å². The molecule has 12 nitrogen and oxygen atoms in total. The van der Waals surface area contributed by atoms with E-state index in [0.29, 0.717) is 0 Å². The summed E-state index contributed by atoms with van der Waals surface area (Å²) in [6, 6.07) is 8.86. The van der Waals surface area contributed by atoms with E-state index < -0.39 is 16.6 Å². The summed E-state index contributed by atoms with van der Waals surface area (Å²) in [6.45, 7) is 0.270. The average Bonchev–Trinajstić information content (AvgIpc) is 3.37. The van der Waals surface area contributed by atoms with Crippen molar-refractivity contribution >= 4 is 29.0 Å². The summed E-state index contributed by atoms with van der Waals surface area (Å²) < 4.78 is 14.0. The van der Waals surface area contributed by atoms with Gasteiger partial charge >= 0.3 is 17.5 Å². The van der Waals surface area contributed by atoms with Gasteiger partial charge < -0.3 is 14.8 Å². The maximum atomic E-state index is 11.7. The van der Waals surface area contributed by atoms with E-state index in [1.807, 2.05) is 29.6 Å². The molecule has 3 heterocycles. The lowest BCUT2D eigenvalue weighted by Crippen LogP contribution is -2.07. The number of rotatable bonds is 8. The minimum atomic E-state index is -0.645. The third-order valence-electron chi connectivity index (χ3n) is 4.39. The van der Waals surface area contributed by atoms with E-state index in [9.17, 15) is 14.9 Å². The van der Waals surface area contributed by atoms with Gasteiger partial charge in [-0.2, -0.15) is 4.98 Å². The minimum Gasteiger partial charge on any atom is -0.465 e. The highest BCUT2D eigenvalue weighted by atomic mass is 32.1. The van der Waals surface area contributed by atoms with Crippen molar-refractivity contribution in [1.82, 2.24) is 24.5 Å². The van der Waals surface area contributed by atoms with Crippen molar-refractivity contribution < 1.29 is 19.2 Å². The Labute approximate surface area is 190 Å². The number of hydrogen-bond donors (Lipinski definition) is 1. The van der Waals surface area contributed by atoms with E-state index >= 15 is 0 Å². The average molecular weight is 465 g/mol. The van der Waals surface area contributed by atoms with Gasteiger partial charge in [-0.25, -0.2) is 9.78 Å². The fourth-order valence-electron chi connectivity index (χ4n) is 2.82. The van der Waals surface area contributed by atoms with E-state index in [0.717, 1.165) is 23.1 Å². The SMILES string of the molecule is COC(=O)c1cncc(Oc2ncnc(NCc3ccc(-c4csnn4)cc3)c2[N+](=O)[O-])c1. The Bertz CT molecular complexity index is 1280. The van der Waals surface area contributed by atoms with Gasteiger partial charge in [0.15, 0.2) is 0 Å². The van der Waals surface area contributed by atoms with E-state index in [4.69, 9.17) is 4.74 Å².